The number of carbonyl (C=O) groups excluding carboxylic acids is 2. The third-order valence-electron chi connectivity index (χ3n) is 5.39. The van der Waals surface area contributed by atoms with Gasteiger partial charge in [0.05, 0.1) is 11.3 Å². The number of benzene rings is 3. The van der Waals surface area contributed by atoms with Crippen molar-refractivity contribution in [1.82, 2.24) is 15.0 Å². The predicted octanol–water partition coefficient (Wildman–Crippen LogP) is 4.12. The first-order chi connectivity index (χ1) is 16.3. The summed E-state index contributed by atoms with van der Waals surface area (Å²) >= 11 is 5.91. The van der Waals surface area contributed by atoms with Crippen molar-refractivity contribution in [3.05, 3.63) is 93.7 Å². The number of fused-ring (bicyclic) bond motifs is 1. The van der Waals surface area contributed by atoms with Gasteiger partial charge in [-0.05, 0) is 35.4 Å². The molecule has 1 heterocycles. The van der Waals surface area contributed by atoms with Gasteiger partial charge in [0.1, 0.15) is 5.52 Å². The van der Waals surface area contributed by atoms with Crippen molar-refractivity contribution in [3.8, 4) is 11.1 Å². The molecule has 0 saturated carbocycles. The Kier molecular flexibility index (Phi) is 6.60. The van der Waals surface area contributed by atoms with E-state index in [0.717, 1.165) is 11.1 Å². The summed E-state index contributed by atoms with van der Waals surface area (Å²) in [6, 6.07) is 20.3. The van der Waals surface area contributed by atoms with Crippen LogP contribution in [0.25, 0.3) is 22.0 Å². The summed E-state index contributed by atoms with van der Waals surface area (Å²) in [5, 5.41) is 17.8. The van der Waals surface area contributed by atoms with E-state index in [2.05, 4.69) is 10.3 Å². The molecule has 9 heteroatoms. The zero-order valence-corrected chi connectivity index (χ0v) is 18.5. The highest BCUT2D eigenvalue weighted by atomic mass is 35.5. The fourth-order valence-corrected chi connectivity index (χ4v) is 3.66. The average molecular weight is 476 g/mol. The van der Waals surface area contributed by atoms with Crippen LogP contribution in [0.2, 0.25) is 5.02 Å². The Labute approximate surface area is 198 Å². The molecule has 8 nitrogen and oxygen atoms in total. The number of carbonyl (C=O) groups is 3. The van der Waals surface area contributed by atoms with Gasteiger partial charge >= 0.3 is 5.97 Å². The molecule has 4 aromatic rings. The van der Waals surface area contributed by atoms with Crippen molar-refractivity contribution in [3.63, 3.8) is 0 Å². The number of aliphatic carboxylic acids is 1. The quantitative estimate of drug-likeness (QED) is 0.399. The first kappa shape index (κ1) is 23.0. The molecule has 170 valence electrons. The highest BCUT2D eigenvalue weighted by molar-refractivity contribution is 6.30. The number of hydrogen-bond acceptors (Lipinski definition) is 6. The Morgan fingerprint density at radius 1 is 0.882 bits per heavy atom. The number of Topliss-reactive ketones (excluding diaryl/α,β-unsaturated/α-hetero) is 1. The summed E-state index contributed by atoms with van der Waals surface area (Å²) < 4.78 is 0.545. The molecular weight excluding hydrogens is 458 g/mol. The second-order valence-corrected chi connectivity index (χ2v) is 8.10. The first-order valence-corrected chi connectivity index (χ1v) is 10.7. The minimum absolute atomic E-state index is 0.189. The number of carboxylic acid groups (broad SMARTS) is 1. The predicted molar refractivity (Wildman–Crippen MR) is 126 cm³/mol. The molecular formula is C25H18ClN3O5. The van der Waals surface area contributed by atoms with Crippen LogP contribution in [-0.2, 0) is 4.79 Å². The number of carboxylic acids is 1. The average Bonchev–Trinajstić information content (AvgIpc) is 2.84. The number of aromatic nitrogens is 3. The number of ketones is 1. The molecule has 0 bridgehead atoms. The molecule has 1 N–H and O–H groups in total. The summed E-state index contributed by atoms with van der Waals surface area (Å²) in [7, 11) is 0. The third kappa shape index (κ3) is 4.92. The van der Waals surface area contributed by atoms with Gasteiger partial charge in [-0.3, -0.25) is 19.2 Å². The van der Waals surface area contributed by atoms with Crippen LogP contribution in [0.1, 0.15) is 28.0 Å². The van der Waals surface area contributed by atoms with Gasteiger partial charge in [0.2, 0.25) is 0 Å². The van der Waals surface area contributed by atoms with Crippen LogP contribution < -0.4 is 5.56 Å². The third-order valence-corrected chi connectivity index (χ3v) is 5.64. The molecule has 0 aliphatic carbocycles. The zero-order chi connectivity index (χ0) is 24.2. The van der Waals surface area contributed by atoms with Gasteiger partial charge in [0.25, 0.3) is 11.5 Å². The van der Waals surface area contributed by atoms with Crippen molar-refractivity contribution in [2.24, 2.45) is 5.92 Å². The van der Waals surface area contributed by atoms with E-state index < -0.39 is 42.0 Å². The summed E-state index contributed by atoms with van der Waals surface area (Å²) in [6.07, 6.45) is -0.978. The monoisotopic (exact) mass is 475 g/mol. The van der Waals surface area contributed by atoms with E-state index in [4.69, 9.17) is 11.6 Å². The van der Waals surface area contributed by atoms with E-state index in [1.807, 2.05) is 12.1 Å². The molecule has 0 aliphatic rings. The minimum atomic E-state index is -1.32. The lowest BCUT2D eigenvalue weighted by Crippen LogP contribution is -2.33. The minimum Gasteiger partial charge on any atom is -0.481 e. The largest absolute Gasteiger partial charge is 0.481 e. The van der Waals surface area contributed by atoms with E-state index in [1.165, 1.54) is 6.07 Å². The van der Waals surface area contributed by atoms with E-state index in [-0.39, 0.29) is 5.39 Å². The Balaban J connectivity index is 1.49. The summed E-state index contributed by atoms with van der Waals surface area (Å²) in [6.45, 7) is 0. The maximum absolute atomic E-state index is 12.7. The van der Waals surface area contributed by atoms with Crippen LogP contribution in [0.4, 0.5) is 0 Å². The molecule has 34 heavy (non-hydrogen) atoms. The zero-order valence-electron chi connectivity index (χ0n) is 17.7. The molecule has 0 radical (unpaired) electrons. The number of halogens is 1. The smallest absolute Gasteiger partial charge is 0.307 e. The standard InChI is InChI=1S/C25H18ClN3O5/c26-19-11-9-16(10-12-19)15-5-7-17(8-6-15)22(30)13-18(25(33)34)14-23(31)29-24(32)20-3-1-2-4-21(20)27-28-29/h1-12,18H,13-14H2,(H,33,34). The van der Waals surface area contributed by atoms with Crippen LogP contribution >= 0.6 is 11.6 Å². The van der Waals surface area contributed by atoms with Gasteiger partial charge in [-0.25, -0.2) is 0 Å². The van der Waals surface area contributed by atoms with Gasteiger partial charge in [-0.15, -0.1) is 9.78 Å². The maximum Gasteiger partial charge on any atom is 0.307 e. The van der Waals surface area contributed by atoms with Gasteiger partial charge in [0.15, 0.2) is 5.78 Å². The van der Waals surface area contributed by atoms with Crippen molar-refractivity contribution in [2.45, 2.75) is 12.8 Å². The van der Waals surface area contributed by atoms with Crippen molar-refractivity contribution < 1.29 is 19.5 Å². The molecule has 4 rings (SSSR count). The van der Waals surface area contributed by atoms with Crippen molar-refractivity contribution in [1.29, 1.82) is 0 Å². The SMILES string of the molecule is O=C(CC(CC(=O)n1nnc2ccccc2c1=O)C(=O)O)c1ccc(-c2ccc(Cl)cc2)cc1. The van der Waals surface area contributed by atoms with Gasteiger partial charge < -0.3 is 5.11 Å². The molecule has 0 fully saturated rings. The molecule has 0 spiro atoms. The second-order valence-electron chi connectivity index (χ2n) is 7.67. The number of nitrogens with zero attached hydrogens (tertiary/aromatic N) is 3. The fourth-order valence-electron chi connectivity index (χ4n) is 3.53. The lowest BCUT2D eigenvalue weighted by atomic mass is 9.94. The molecule has 1 aromatic heterocycles. The van der Waals surface area contributed by atoms with Crippen LogP contribution in [0, 0.1) is 5.92 Å². The van der Waals surface area contributed by atoms with Crippen LogP contribution in [-0.4, -0.2) is 37.8 Å². The van der Waals surface area contributed by atoms with E-state index in [1.54, 1.807) is 54.6 Å². The van der Waals surface area contributed by atoms with Gasteiger partial charge in [-0.1, -0.05) is 65.3 Å². The van der Waals surface area contributed by atoms with Gasteiger partial charge in [0, 0.05) is 23.4 Å². The van der Waals surface area contributed by atoms with Crippen molar-refractivity contribution in [2.75, 3.05) is 0 Å². The van der Waals surface area contributed by atoms with E-state index >= 15 is 0 Å². The molecule has 3 aromatic carbocycles. The number of rotatable bonds is 7. The normalized spacial score (nSPS) is 11.8. The van der Waals surface area contributed by atoms with Crippen LogP contribution in [0.3, 0.4) is 0 Å². The summed E-state index contributed by atoms with van der Waals surface area (Å²) in [4.78, 5) is 49.7. The topological polar surface area (TPSA) is 119 Å². The lowest BCUT2D eigenvalue weighted by molar-refractivity contribution is -0.141. The highest BCUT2D eigenvalue weighted by Gasteiger charge is 2.27. The Morgan fingerprint density at radius 3 is 2.15 bits per heavy atom. The molecule has 1 unspecified atom stereocenters. The van der Waals surface area contributed by atoms with Crippen LogP contribution in [0.5, 0.6) is 0 Å². The van der Waals surface area contributed by atoms with Gasteiger partial charge in [-0.2, -0.15) is 0 Å². The molecule has 1 atom stereocenters. The van der Waals surface area contributed by atoms with Crippen molar-refractivity contribution >= 4 is 40.2 Å². The maximum atomic E-state index is 12.7. The summed E-state index contributed by atoms with van der Waals surface area (Å²) in [5.41, 5.74) is 1.73. The summed E-state index contributed by atoms with van der Waals surface area (Å²) in [5.74, 6) is -3.92. The second kappa shape index (κ2) is 9.76. The molecule has 0 saturated heterocycles. The fraction of sp³-hybridized carbons (Fsp3) is 0.120. The molecule has 0 aliphatic heterocycles. The lowest BCUT2D eigenvalue weighted by Gasteiger charge is -2.12. The Hall–Kier alpha value is -4.17. The highest BCUT2D eigenvalue weighted by Crippen LogP contribution is 2.23. The Bertz CT molecular complexity index is 1450. The Morgan fingerprint density at radius 2 is 1.50 bits per heavy atom. The van der Waals surface area contributed by atoms with E-state index in [9.17, 15) is 24.3 Å². The molecule has 0 amide bonds. The number of hydrogen-bond donors (Lipinski definition) is 1. The van der Waals surface area contributed by atoms with Crippen LogP contribution in [0.15, 0.2) is 77.6 Å². The van der Waals surface area contributed by atoms with E-state index in [0.29, 0.717) is 20.8 Å². The first-order valence-electron chi connectivity index (χ1n) is 10.3.